The Morgan fingerprint density at radius 1 is 1.46 bits per heavy atom. The molecule has 0 unspecified atom stereocenters. The summed E-state index contributed by atoms with van der Waals surface area (Å²) in [5.41, 5.74) is 2.12. The fourth-order valence-electron chi connectivity index (χ4n) is 1.49. The smallest absolute Gasteiger partial charge is 0.107 e. The highest BCUT2D eigenvalue weighted by Gasteiger charge is 2.03. The fraction of sp³-hybridized carbons (Fsp3) is 0.182. The molecule has 0 aliphatic rings. The van der Waals surface area contributed by atoms with E-state index in [9.17, 15) is 0 Å². The molecule has 0 spiro atoms. The third-order valence-corrected chi connectivity index (χ3v) is 2.09. The van der Waals surface area contributed by atoms with Gasteiger partial charge in [0.05, 0.1) is 17.6 Å². The molecule has 0 aliphatic carbocycles. The molecule has 1 aromatic heterocycles. The Kier molecular flexibility index (Phi) is 1.79. The van der Waals surface area contributed by atoms with E-state index in [-0.39, 0.29) is 0 Å². The highest BCUT2D eigenvalue weighted by atomic mass is 15.1. The lowest BCUT2D eigenvalue weighted by Gasteiger charge is -1.99. The van der Waals surface area contributed by atoms with Gasteiger partial charge in [-0.25, -0.2) is 4.98 Å². The lowest BCUT2D eigenvalue weighted by atomic mass is 10.3. The number of aryl methyl sites for hydroxylation is 1. The highest BCUT2D eigenvalue weighted by molar-refractivity contribution is 5.75. The maximum absolute atomic E-state index is 5.28. The molecule has 1 aromatic carbocycles. The summed E-state index contributed by atoms with van der Waals surface area (Å²) in [6.45, 7) is 2.56. The van der Waals surface area contributed by atoms with Gasteiger partial charge in [-0.05, 0) is 19.1 Å². The van der Waals surface area contributed by atoms with E-state index in [1.807, 2.05) is 35.8 Å². The molecule has 0 fully saturated rings. The first kappa shape index (κ1) is 7.88. The molecule has 0 saturated carbocycles. The largest absolute Gasteiger partial charge is 0.316 e. The fourth-order valence-corrected chi connectivity index (χ4v) is 1.49. The average Bonchev–Trinajstić information content (AvgIpc) is 2.44. The second kappa shape index (κ2) is 2.95. The van der Waals surface area contributed by atoms with Crippen LogP contribution in [0.15, 0.2) is 24.3 Å². The minimum absolute atomic E-state index is 0.590. The lowest BCUT2D eigenvalue weighted by Crippen LogP contribution is -1.97. The maximum atomic E-state index is 5.28. The number of para-hydroxylation sites is 2. The maximum Gasteiger partial charge on any atom is 0.107 e. The van der Waals surface area contributed by atoms with E-state index in [0.717, 1.165) is 16.9 Å². The lowest BCUT2D eigenvalue weighted by molar-refractivity contribution is 0.824. The van der Waals surface area contributed by atoms with Gasteiger partial charge in [-0.1, -0.05) is 18.1 Å². The molecule has 0 saturated heterocycles. The number of nitrogens with zero attached hydrogens (tertiary/aromatic N) is 2. The Labute approximate surface area is 77.2 Å². The zero-order chi connectivity index (χ0) is 9.26. The standard InChI is InChI=1S/C11H10N2/c1-3-8-13-9(2)12-10-6-4-5-7-11(10)13/h1,4-7H,8H2,2H3. The van der Waals surface area contributed by atoms with Crippen LogP contribution in [0.25, 0.3) is 11.0 Å². The summed E-state index contributed by atoms with van der Waals surface area (Å²) in [5, 5.41) is 0. The number of benzene rings is 1. The molecular formula is C11H10N2. The zero-order valence-corrected chi connectivity index (χ0v) is 7.49. The average molecular weight is 170 g/mol. The molecule has 0 amide bonds. The summed E-state index contributed by atoms with van der Waals surface area (Å²) < 4.78 is 2.04. The van der Waals surface area contributed by atoms with Crippen molar-refractivity contribution in [3.8, 4) is 12.3 Å². The van der Waals surface area contributed by atoms with Gasteiger partial charge in [-0.15, -0.1) is 6.42 Å². The predicted octanol–water partition coefficient (Wildman–Crippen LogP) is 1.98. The van der Waals surface area contributed by atoms with E-state index in [4.69, 9.17) is 6.42 Å². The molecule has 2 nitrogen and oxygen atoms in total. The van der Waals surface area contributed by atoms with Crippen molar-refractivity contribution in [2.45, 2.75) is 13.5 Å². The Hall–Kier alpha value is -1.75. The third kappa shape index (κ3) is 1.19. The molecular weight excluding hydrogens is 160 g/mol. The van der Waals surface area contributed by atoms with E-state index >= 15 is 0 Å². The van der Waals surface area contributed by atoms with Crippen molar-refractivity contribution in [1.29, 1.82) is 0 Å². The monoisotopic (exact) mass is 170 g/mol. The van der Waals surface area contributed by atoms with Crippen LogP contribution < -0.4 is 0 Å². The van der Waals surface area contributed by atoms with E-state index in [2.05, 4.69) is 10.9 Å². The first-order valence-corrected chi connectivity index (χ1v) is 4.18. The van der Waals surface area contributed by atoms with Crippen LogP contribution in [0.5, 0.6) is 0 Å². The van der Waals surface area contributed by atoms with Gasteiger partial charge in [-0.3, -0.25) is 0 Å². The van der Waals surface area contributed by atoms with Gasteiger partial charge in [0.1, 0.15) is 5.82 Å². The number of hydrogen-bond donors (Lipinski definition) is 0. The van der Waals surface area contributed by atoms with Crippen LogP contribution in [0.4, 0.5) is 0 Å². The zero-order valence-electron chi connectivity index (χ0n) is 7.49. The number of imidazole rings is 1. The van der Waals surface area contributed by atoms with Crippen molar-refractivity contribution in [3.63, 3.8) is 0 Å². The summed E-state index contributed by atoms with van der Waals surface area (Å²) in [7, 11) is 0. The molecule has 0 N–H and O–H groups in total. The molecule has 64 valence electrons. The molecule has 0 radical (unpaired) electrons. The normalized spacial score (nSPS) is 10.2. The Bertz CT molecular complexity index is 474. The van der Waals surface area contributed by atoms with E-state index in [0.29, 0.717) is 6.54 Å². The van der Waals surface area contributed by atoms with Crippen molar-refractivity contribution < 1.29 is 0 Å². The van der Waals surface area contributed by atoms with Crippen molar-refractivity contribution >= 4 is 11.0 Å². The second-order valence-electron chi connectivity index (χ2n) is 2.94. The summed E-state index contributed by atoms with van der Waals surface area (Å²) in [5.74, 6) is 3.60. The topological polar surface area (TPSA) is 17.8 Å². The summed E-state index contributed by atoms with van der Waals surface area (Å²) >= 11 is 0. The van der Waals surface area contributed by atoms with Gasteiger partial charge < -0.3 is 4.57 Å². The molecule has 2 rings (SSSR count). The molecule has 0 atom stereocenters. The van der Waals surface area contributed by atoms with Crippen LogP contribution in [0.3, 0.4) is 0 Å². The van der Waals surface area contributed by atoms with Crippen molar-refractivity contribution in [2.75, 3.05) is 0 Å². The van der Waals surface area contributed by atoms with Crippen LogP contribution >= 0.6 is 0 Å². The van der Waals surface area contributed by atoms with Gasteiger partial charge >= 0.3 is 0 Å². The third-order valence-electron chi connectivity index (χ3n) is 2.09. The van der Waals surface area contributed by atoms with Crippen molar-refractivity contribution in [2.24, 2.45) is 0 Å². The van der Waals surface area contributed by atoms with E-state index in [1.54, 1.807) is 0 Å². The van der Waals surface area contributed by atoms with Gasteiger partial charge in [-0.2, -0.15) is 0 Å². The van der Waals surface area contributed by atoms with Crippen molar-refractivity contribution in [1.82, 2.24) is 9.55 Å². The first-order valence-electron chi connectivity index (χ1n) is 4.18. The summed E-state index contributed by atoms with van der Waals surface area (Å²) in [6, 6.07) is 8.01. The molecule has 1 heterocycles. The summed E-state index contributed by atoms with van der Waals surface area (Å²) in [6.07, 6.45) is 5.28. The number of rotatable bonds is 1. The Balaban J connectivity index is 2.73. The number of aromatic nitrogens is 2. The molecule has 0 aliphatic heterocycles. The molecule has 2 heteroatoms. The van der Waals surface area contributed by atoms with Gasteiger partial charge in [0.2, 0.25) is 0 Å². The van der Waals surface area contributed by atoms with E-state index < -0.39 is 0 Å². The second-order valence-corrected chi connectivity index (χ2v) is 2.94. The SMILES string of the molecule is C#CCn1c(C)nc2ccccc21. The van der Waals surface area contributed by atoms with Crippen molar-refractivity contribution in [3.05, 3.63) is 30.1 Å². The first-order chi connectivity index (χ1) is 6.33. The minimum Gasteiger partial charge on any atom is -0.316 e. The summed E-state index contributed by atoms with van der Waals surface area (Å²) in [4.78, 5) is 4.40. The number of terminal acetylenes is 1. The van der Waals surface area contributed by atoms with Crippen LogP contribution in [-0.2, 0) is 6.54 Å². The van der Waals surface area contributed by atoms with Crippen LogP contribution in [0.1, 0.15) is 5.82 Å². The molecule has 0 bridgehead atoms. The van der Waals surface area contributed by atoms with Crippen LogP contribution in [0.2, 0.25) is 0 Å². The Morgan fingerprint density at radius 3 is 3.00 bits per heavy atom. The van der Waals surface area contributed by atoms with E-state index in [1.165, 1.54) is 0 Å². The minimum atomic E-state index is 0.590. The Morgan fingerprint density at radius 2 is 2.23 bits per heavy atom. The van der Waals surface area contributed by atoms with Gasteiger partial charge in [0.15, 0.2) is 0 Å². The van der Waals surface area contributed by atoms with Crippen LogP contribution in [-0.4, -0.2) is 9.55 Å². The van der Waals surface area contributed by atoms with Crippen LogP contribution in [0, 0.1) is 19.3 Å². The molecule has 2 aromatic rings. The highest BCUT2D eigenvalue weighted by Crippen LogP contribution is 2.14. The van der Waals surface area contributed by atoms with Gasteiger partial charge in [0.25, 0.3) is 0 Å². The quantitative estimate of drug-likeness (QED) is 0.598. The van der Waals surface area contributed by atoms with Gasteiger partial charge in [0, 0.05) is 0 Å². The molecule has 13 heavy (non-hydrogen) atoms. The number of hydrogen-bond acceptors (Lipinski definition) is 1. The predicted molar refractivity (Wildman–Crippen MR) is 53.3 cm³/mol. The number of fused-ring (bicyclic) bond motifs is 1.